The minimum absolute atomic E-state index is 0.0522. The van der Waals surface area contributed by atoms with Crippen molar-refractivity contribution in [3.05, 3.63) is 16.5 Å². The van der Waals surface area contributed by atoms with E-state index < -0.39 is 0 Å². The molecule has 2 heterocycles. The Bertz CT molecular complexity index is 483. The number of terminal acetylenes is 1. The molecule has 82 valence electrons. The summed E-state index contributed by atoms with van der Waals surface area (Å²) in [5.41, 5.74) is 0. The topological polar surface area (TPSA) is 46.1 Å². The first-order valence-electron chi connectivity index (χ1n) is 4.56. The zero-order valence-electron chi connectivity index (χ0n) is 8.15. The molecule has 0 bridgehead atoms. The van der Waals surface area contributed by atoms with E-state index in [9.17, 15) is 4.79 Å². The molecule has 0 aliphatic carbocycles. The highest BCUT2D eigenvalue weighted by molar-refractivity contribution is 6.34. The molecule has 1 unspecified atom stereocenters. The summed E-state index contributed by atoms with van der Waals surface area (Å²) in [6.07, 6.45) is 6.96. The molecule has 0 aromatic carbocycles. The summed E-state index contributed by atoms with van der Waals surface area (Å²) in [5, 5.41) is 0.340. The van der Waals surface area contributed by atoms with Crippen LogP contribution >= 0.6 is 23.2 Å². The van der Waals surface area contributed by atoms with Gasteiger partial charge in [-0.15, -0.1) is 12.3 Å². The van der Waals surface area contributed by atoms with Crippen molar-refractivity contribution in [1.82, 2.24) is 9.97 Å². The molecule has 16 heavy (non-hydrogen) atoms. The smallest absolute Gasteiger partial charge is 0.229 e. The summed E-state index contributed by atoms with van der Waals surface area (Å²) in [7, 11) is 0. The lowest BCUT2D eigenvalue weighted by atomic mass is 10.1. The van der Waals surface area contributed by atoms with Gasteiger partial charge in [-0.1, -0.05) is 11.6 Å². The van der Waals surface area contributed by atoms with Gasteiger partial charge < -0.3 is 0 Å². The van der Waals surface area contributed by atoms with Crippen LogP contribution in [0.5, 0.6) is 0 Å². The van der Waals surface area contributed by atoms with Crippen LogP contribution in [0.2, 0.25) is 10.3 Å². The molecule has 1 aromatic heterocycles. The second kappa shape index (κ2) is 4.28. The highest BCUT2D eigenvalue weighted by atomic mass is 35.5. The van der Waals surface area contributed by atoms with Crippen LogP contribution in [0.25, 0.3) is 0 Å². The number of carbonyl (C=O) groups excluding carboxylic acids is 1. The van der Waals surface area contributed by atoms with Crippen LogP contribution < -0.4 is 4.90 Å². The summed E-state index contributed by atoms with van der Waals surface area (Å²) < 4.78 is 0. The molecule has 2 rings (SSSR count). The van der Waals surface area contributed by atoms with Crippen LogP contribution in [-0.4, -0.2) is 22.4 Å². The molecule has 0 N–H and O–H groups in total. The number of rotatable bonds is 1. The summed E-state index contributed by atoms with van der Waals surface area (Å²) in [6.45, 7) is 0.419. The van der Waals surface area contributed by atoms with Crippen LogP contribution in [0.15, 0.2) is 6.20 Å². The zero-order chi connectivity index (χ0) is 11.7. The van der Waals surface area contributed by atoms with Crippen LogP contribution in [0, 0.1) is 18.3 Å². The maximum atomic E-state index is 11.7. The molecule has 4 nitrogen and oxygen atoms in total. The Morgan fingerprint density at radius 3 is 2.94 bits per heavy atom. The zero-order valence-corrected chi connectivity index (χ0v) is 9.66. The number of hydrogen-bond acceptors (Lipinski definition) is 3. The Hall–Kier alpha value is -1.31. The molecule has 1 aliphatic heterocycles. The first kappa shape index (κ1) is 11.2. The number of anilines is 1. The van der Waals surface area contributed by atoms with Crippen molar-refractivity contribution in [3.63, 3.8) is 0 Å². The van der Waals surface area contributed by atoms with Gasteiger partial charge in [0.2, 0.25) is 11.2 Å². The molecule has 0 spiro atoms. The van der Waals surface area contributed by atoms with Gasteiger partial charge >= 0.3 is 0 Å². The Labute approximate surface area is 103 Å². The lowest BCUT2D eigenvalue weighted by Gasteiger charge is -2.15. The van der Waals surface area contributed by atoms with Gasteiger partial charge in [-0.3, -0.25) is 9.69 Å². The van der Waals surface area contributed by atoms with Crippen molar-refractivity contribution in [2.24, 2.45) is 5.92 Å². The van der Waals surface area contributed by atoms with Crippen molar-refractivity contribution in [1.29, 1.82) is 0 Å². The second-order valence-corrected chi connectivity index (χ2v) is 4.13. The Morgan fingerprint density at radius 1 is 1.56 bits per heavy atom. The lowest BCUT2D eigenvalue weighted by molar-refractivity contribution is -0.117. The SMILES string of the molecule is C#CC1CC(=O)N(c2nc(Cl)ncc2Cl)C1. The van der Waals surface area contributed by atoms with Crippen LogP contribution in [0.4, 0.5) is 5.82 Å². The number of nitrogens with zero attached hydrogens (tertiary/aromatic N) is 3. The molecule has 0 saturated carbocycles. The van der Waals surface area contributed by atoms with E-state index in [0.29, 0.717) is 18.8 Å². The quantitative estimate of drug-likeness (QED) is 0.568. The minimum Gasteiger partial charge on any atom is -0.294 e. The maximum absolute atomic E-state index is 11.7. The first-order chi connectivity index (χ1) is 7.61. The maximum Gasteiger partial charge on any atom is 0.229 e. The third kappa shape index (κ3) is 1.97. The Balaban J connectivity index is 2.35. The fourth-order valence-electron chi connectivity index (χ4n) is 1.55. The van der Waals surface area contributed by atoms with Gasteiger partial charge in [-0.05, 0) is 11.6 Å². The highest BCUT2D eigenvalue weighted by Gasteiger charge is 2.31. The van der Waals surface area contributed by atoms with E-state index in [2.05, 4.69) is 15.9 Å². The molecule has 1 aliphatic rings. The van der Waals surface area contributed by atoms with E-state index in [0.717, 1.165) is 0 Å². The third-order valence-electron chi connectivity index (χ3n) is 2.31. The van der Waals surface area contributed by atoms with Crippen LogP contribution in [-0.2, 0) is 4.79 Å². The number of amides is 1. The number of carbonyl (C=O) groups is 1. The minimum atomic E-state index is -0.0997. The van der Waals surface area contributed by atoms with Gasteiger partial charge in [0.05, 0.1) is 6.20 Å². The van der Waals surface area contributed by atoms with Crippen molar-refractivity contribution in [2.75, 3.05) is 11.4 Å². The van der Waals surface area contributed by atoms with Gasteiger partial charge in [0.15, 0.2) is 5.82 Å². The molecular formula is C10H7Cl2N3O. The molecule has 1 saturated heterocycles. The second-order valence-electron chi connectivity index (χ2n) is 3.38. The fraction of sp³-hybridized carbons (Fsp3) is 0.300. The Kier molecular flexibility index (Phi) is 2.99. The summed E-state index contributed by atoms with van der Waals surface area (Å²) in [5.74, 6) is 2.67. The van der Waals surface area contributed by atoms with Gasteiger partial charge in [-0.25, -0.2) is 4.98 Å². The van der Waals surface area contributed by atoms with Crippen molar-refractivity contribution < 1.29 is 4.79 Å². The summed E-state index contributed by atoms with van der Waals surface area (Å²) >= 11 is 11.6. The number of halogens is 2. The van der Waals surface area contributed by atoms with Gasteiger partial charge in [0, 0.05) is 18.9 Å². The highest BCUT2D eigenvalue weighted by Crippen LogP contribution is 2.29. The molecule has 1 fully saturated rings. The van der Waals surface area contributed by atoms with Gasteiger partial charge in [0.1, 0.15) is 5.02 Å². The predicted molar refractivity (Wildman–Crippen MR) is 61.3 cm³/mol. The third-order valence-corrected chi connectivity index (χ3v) is 2.76. The van der Waals surface area contributed by atoms with E-state index >= 15 is 0 Å². The van der Waals surface area contributed by atoms with Gasteiger partial charge in [-0.2, -0.15) is 4.98 Å². The summed E-state index contributed by atoms with van der Waals surface area (Å²) in [6, 6.07) is 0. The number of hydrogen-bond donors (Lipinski definition) is 0. The van der Waals surface area contributed by atoms with E-state index in [1.54, 1.807) is 0 Å². The van der Waals surface area contributed by atoms with E-state index in [1.165, 1.54) is 11.1 Å². The lowest BCUT2D eigenvalue weighted by Crippen LogP contribution is -2.26. The van der Waals surface area contributed by atoms with Crippen molar-refractivity contribution in [3.8, 4) is 12.3 Å². The van der Waals surface area contributed by atoms with Crippen LogP contribution in [0.3, 0.4) is 0 Å². The monoisotopic (exact) mass is 255 g/mol. The standard InChI is InChI=1S/C10H7Cl2N3O/c1-2-6-3-8(16)15(5-6)9-7(11)4-13-10(12)14-9/h1,4,6H,3,5H2. The van der Waals surface area contributed by atoms with Crippen molar-refractivity contribution >= 4 is 34.9 Å². The molecule has 1 atom stereocenters. The molecule has 6 heteroatoms. The Morgan fingerprint density at radius 2 is 2.31 bits per heavy atom. The normalized spacial score (nSPS) is 19.9. The van der Waals surface area contributed by atoms with Gasteiger partial charge in [0.25, 0.3) is 0 Å². The average molecular weight is 256 g/mol. The molecule has 1 aromatic rings. The van der Waals surface area contributed by atoms with E-state index in [4.69, 9.17) is 29.6 Å². The van der Waals surface area contributed by atoms with E-state index in [-0.39, 0.29) is 22.1 Å². The largest absolute Gasteiger partial charge is 0.294 e. The van der Waals surface area contributed by atoms with Crippen LogP contribution in [0.1, 0.15) is 6.42 Å². The van der Waals surface area contributed by atoms with Crippen molar-refractivity contribution in [2.45, 2.75) is 6.42 Å². The van der Waals surface area contributed by atoms with E-state index in [1.807, 2.05) is 0 Å². The molecule has 0 radical (unpaired) electrons. The first-order valence-corrected chi connectivity index (χ1v) is 5.32. The predicted octanol–water partition coefficient (Wildman–Crippen LogP) is 1.77. The number of aromatic nitrogens is 2. The molecular weight excluding hydrogens is 249 g/mol. The fourth-order valence-corrected chi connectivity index (χ4v) is 1.87. The average Bonchev–Trinajstić information content (AvgIpc) is 2.63. The summed E-state index contributed by atoms with van der Waals surface area (Å²) in [4.78, 5) is 20.8. The molecule has 1 amide bonds.